The number of hydrazine groups is 1. The first-order valence-electron chi connectivity index (χ1n) is 3.82. The Bertz CT molecular complexity index is 106. The van der Waals surface area contributed by atoms with Gasteiger partial charge in [-0.1, -0.05) is 0 Å². The number of fused-ring (bicyclic) bond motifs is 2. The van der Waals surface area contributed by atoms with Crippen molar-refractivity contribution in [3.63, 3.8) is 0 Å². The monoisotopic (exact) mass is 126 g/mol. The second-order valence-corrected chi connectivity index (χ2v) is 3.41. The topological polar surface area (TPSA) is 29.3 Å². The molecule has 2 unspecified atom stereocenters. The average Bonchev–Trinajstić information content (AvgIpc) is 2.37. The maximum Gasteiger partial charge on any atom is 0.0247 e. The lowest BCUT2D eigenvalue weighted by Crippen LogP contribution is -2.44. The average molecular weight is 126 g/mol. The molecule has 1 aliphatic carbocycles. The van der Waals surface area contributed by atoms with E-state index in [1.807, 2.05) is 5.01 Å². The van der Waals surface area contributed by atoms with E-state index in [1.165, 1.54) is 19.3 Å². The fraction of sp³-hybridized carbons (Fsp3) is 1.00. The van der Waals surface area contributed by atoms with Gasteiger partial charge in [0.1, 0.15) is 0 Å². The minimum Gasteiger partial charge on any atom is -0.268 e. The first kappa shape index (κ1) is 5.69. The maximum atomic E-state index is 5.80. The molecule has 1 saturated carbocycles. The van der Waals surface area contributed by atoms with Crippen molar-refractivity contribution in [3.8, 4) is 0 Å². The molecule has 1 heterocycles. The Kier molecular flexibility index (Phi) is 1.08. The zero-order valence-electron chi connectivity index (χ0n) is 5.88. The van der Waals surface area contributed by atoms with Crippen LogP contribution in [-0.4, -0.2) is 17.1 Å². The van der Waals surface area contributed by atoms with Gasteiger partial charge < -0.3 is 0 Å². The second-order valence-electron chi connectivity index (χ2n) is 3.41. The van der Waals surface area contributed by atoms with E-state index in [2.05, 4.69) is 6.92 Å². The Labute approximate surface area is 56.0 Å². The summed E-state index contributed by atoms with van der Waals surface area (Å²) in [6.07, 6.45) is 4.11. The van der Waals surface area contributed by atoms with Crippen LogP contribution in [0.3, 0.4) is 0 Å². The molecule has 0 radical (unpaired) electrons. The number of nitrogens with zero attached hydrogens (tertiary/aromatic N) is 1. The highest BCUT2D eigenvalue weighted by Crippen LogP contribution is 2.39. The van der Waals surface area contributed by atoms with Crippen LogP contribution in [0.1, 0.15) is 26.2 Å². The zero-order valence-corrected chi connectivity index (χ0v) is 5.88. The molecule has 0 aromatic carbocycles. The molecule has 2 heteroatoms. The minimum atomic E-state index is 0.656. The van der Waals surface area contributed by atoms with Crippen molar-refractivity contribution >= 4 is 0 Å². The highest BCUT2D eigenvalue weighted by Gasteiger charge is 2.41. The molecule has 2 nitrogen and oxygen atoms in total. The second kappa shape index (κ2) is 1.70. The predicted octanol–water partition coefficient (Wildman–Crippen LogP) is 0.733. The summed E-state index contributed by atoms with van der Waals surface area (Å²) in [5.41, 5.74) is 0. The summed E-state index contributed by atoms with van der Waals surface area (Å²) in [6.45, 7) is 2.24. The molecule has 3 atom stereocenters. The van der Waals surface area contributed by atoms with Crippen LogP contribution in [0.15, 0.2) is 0 Å². The van der Waals surface area contributed by atoms with E-state index >= 15 is 0 Å². The van der Waals surface area contributed by atoms with Gasteiger partial charge in [-0.3, -0.25) is 5.84 Å². The van der Waals surface area contributed by atoms with Crippen LogP contribution in [0.25, 0.3) is 0 Å². The van der Waals surface area contributed by atoms with Gasteiger partial charge in [0.05, 0.1) is 0 Å². The number of hydrogen-bond donors (Lipinski definition) is 1. The fourth-order valence-corrected chi connectivity index (χ4v) is 2.28. The Balaban J connectivity index is 2.15. The summed E-state index contributed by atoms with van der Waals surface area (Å²) < 4.78 is 0. The van der Waals surface area contributed by atoms with Gasteiger partial charge in [-0.25, -0.2) is 5.01 Å². The predicted molar refractivity (Wildman–Crippen MR) is 36.6 cm³/mol. The van der Waals surface area contributed by atoms with E-state index in [4.69, 9.17) is 5.84 Å². The summed E-state index contributed by atoms with van der Waals surface area (Å²) in [7, 11) is 0. The molecule has 1 aliphatic heterocycles. The largest absolute Gasteiger partial charge is 0.268 e. The van der Waals surface area contributed by atoms with Crippen LogP contribution in [0.5, 0.6) is 0 Å². The quantitative estimate of drug-likeness (QED) is 0.485. The maximum absolute atomic E-state index is 5.80. The molecule has 0 spiro atoms. The molecule has 52 valence electrons. The van der Waals surface area contributed by atoms with Gasteiger partial charge >= 0.3 is 0 Å². The molecule has 0 amide bonds. The first-order chi connectivity index (χ1) is 4.29. The van der Waals surface area contributed by atoms with Crippen LogP contribution in [0.4, 0.5) is 0 Å². The highest BCUT2D eigenvalue weighted by atomic mass is 15.5. The van der Waals surface area contributed by atoms with Gasteiger partial charge in [-0.15, -0.1) is 0 Å². The number of hydrogen-bond acceptors (Lipinski definition) is 2. The summed E-state index contributed by atoms with van der Waals surface area (Å²) in [6, 6.07) is 1.38. The van der Waals surface area contributed by atoms with Crippen molar-refractivity contribution in [2.24, 2.45) is 11.8 Å². The lowest BCUT2D eigenvalue weighted by Gasteiger charge is -2.27. The third kappa shape index (κ3) is 0.634. The fourth-order valence-electron chi connectivity index (χ4n) is 2.28. The number of nitrogens with two attached hydrogens (primary N) is 1. The molecular formula is C7H14N2. The van der Waals surface area contributed by atoms with Crippen LogP contribution >= 0.6 is 0 Å². The van der Waals surface area contributed by atoms with E-state index in [1.54, 1.807) is 0 Å². The van der Waals surface area contributed by atoms with Gasteiger partial charge in [0.25, 0.3) is 0 Å². The Morgan fingerprint density at radius 3 is 2.56 bits per heavy atom. The highest BCUT2D eigenvalue weighted by molar-refractivity contribution is 4.94. The molecule has 2 N–H and O–H groups in total. The lowest BCUT2D eigenvalue weighted by molar-refractivity contribution is 0.154. The standard InChI is InChI=1S/C7H14N2/c1-5-6-2-3-7(4-6)9(5)8/h5-7H,2-4,8H2,1H3/t5-,6?,7?/m1/s1. The normalized spacial score (nSPS) is 50.7. The molecule has 0 aromatic heterocycles. The van der Waals surface area contributed by atoms with Gasteiger partial charge in [0.2, 0.25) is 0 Å². The third-order valence-corrected chi connectivity index (χ3v) is 3.02. The molecule has 9 heavy (non-hydrogen) atoms. The summed E-state index contributed by atoms with van der Waals surface area (Å²) >= 11 is 0. The SMILES string of the molecule is C[C@@H]1C2CCC(C2)N1N. The zero-order chi connectivity index (χ0) is 6.43. The van der Waals surface area contributed by atoms with Crippen molar-refractivity contribution in [1.82, 2.24) is 5.01 Å². The Hall–Kier alpha value is -0.0800. The molecular weight excluding hydrogens is 112 g/mol. The minimum absolute atomic E-state index is 0.656. The lowest BCUT2D eigenvalue weighted by atomic mass is 10.0. The van der Waals surface area contributed by atoms with Crippen molar-refractivity contribution in [1.29, 1.82) is 0 Å². The number of rotatable bonds is 0. The van der Waals surface area contributed by atoms with Crippen molar-refractivity contribution in [3.05, 3.63) is 0 Å². The molecule has 2 bridgehead atoms. The first-order valence-corrected chi connectivity index (χ1v) is 3.82. The van der Waals surface area contributed by atoms with Gasteiger partial charge in [0, 0.05) is 12.1 Å². The summed E-state index contributed by atoms with van der Waals surface area (Å²) in [5, 5.41) is 2.05. The van der Waals surface area contributed by atoms with Crippen molar-refractivity contribution in [2.45, 2.75) is 38.3 Å². The van der Waals surface area contributed by atoms with Gasteiger partial charge in [-0.2, -0.15) is 0 Å². The Morgan fingerprint density at radius 1 is 1.44 bits per heavy atom. The van der Waals surface area contributed by atoms with E-state index in [0.29, 0.717) is 6.04 Å². The van der Waals surface area contributed by atoms with E-state index in [-0.39, 0.29) is 0 Å². The smallest absolute Gasteiger partial charge is 0.0247 e. The van der Waals surface area contributed by atoms with Crippen LogP contribution in [0, 0.1) is 5.92 Å². The third-order valence-electron chi connectivity index (χ3n) is 3.02. The van der Waals surface area contributed by atoms with E-state index in [9.17, 15) is 0 Å². The van der Waals surface area contributed by atoms with Crippen molar-refractivity contribution in [2.75, 3.05) is 0 Å². The van der Waals surface area contributed by atoms with Crippen LogP contribution in [0.2, 0.25) is 0 Å². The van der Waals surface area contributed by atoms with Crippen LogP contribution in [-0.2, 0) is 0 Å². The molecule has 2 aliphatic rings. The molecule has 2 fully saturated rings. The van der Waals surface area contributed by atoms with Gasteiger partial charge in [0.15, 0.2) is 0 Å². The summed E-state index contributed by atoms with van der Waals surface area (Å²) in [4.78, 5) is 0. The molecule has 2 rings (SSSR count). The molecule has 0 aromatic rings. The van der Waals surface area contributed by atoms with E-state index < -0.39 is 0 Å². The van der Waals surface area contributed by atoms with Crippen LogP contribution < -0.4 is 5.84 Å². The summed E-state index contributed by atoms with van der Waals surface area (Å²) in [5.74, 6) is 6.71. The number of piperidine rings is 1. The molecule has 1 saturated heterocycles. The van der Waals surface area contributed by atoms with Gasteiger partial charge in [-0.05, 0) is 32.1 Å². The van der Waals surface area contributed by atoms with Crippen molar-refractivity contribution < 1.29 is 0 Å². The van der Waals surface area contributed by atoms with E-state index in [0.717, 1.165) is 12.0 Å². The Morgan fingerprint density at radius 2 is 2.22 bits per heavy atom.